The number of anilines is 1. The first-order chi connectivity index (χ1) is 11.9. The average molecular weight is 364 g/mol. The molecule has 2 rings (SSSR count). The molecule has 9 nitrogen and oxygen atoms in total. The van der Waals surface area contributed by atoms with Gasteiger partial charge in [0, 0.05) is 44.5 Å². The Labute approximate surface area is 148 Å². The minimum Gasteiger partial charge on any atom is -0.373 e. The van der Waals surface area contributed by atoms with Crippen LogP contribution in [0.3, 0.4) is 0 Å². The number of nitriles is 1. The third-order valence-electron chi connectivity index (χ3n) is 3.58. The second kappa shape index (κ2) is 8.12. The van der Waals surface area contributed by atoms with Crippen LogP contribution in [0.2, 0.25) is 5.02 Å². The number of nitro benzene ring substituents is 1. The van der Waals surface area contributed by atoms with E-state index in [0.29, 0.717) is 26.2 Å². The predicted octanol–water partition coefficient (Wildman–Crippen LogP) is 1.37. The Kier molecular flexibility index (Phi) is 5.92. The molecule has 0 radical (unpaired) electrons. The lowest BCUT2D eigenvalue weighted by molar-refractivity contribution is -0.384. The fraction of sp³-hybridized carbons (Fsp3) is 0.267. The topological polar surface area (TPSA) is 120 Å². The van der Waals surface area contributed by atoms with Crippen molar-refractivity contribution in [2.45, 2.75) is 0 Å². The quantitative estimate of drug-likeness (QED) is 0.277. The summed E-state index contributed by atoms with van der Waals surface area (Å²) in [4.78, 5) is 36.5. The molecule has 25 heavy (non-hydrogen) atoms. The number of carbonyl (C=O) groups excluding carboxylic acids is 2. The number of non-ortho nitro benzene ring substituents is 1. The molecule has 1 fully saturated rings. The molecule has 0 atom stereocenters. The van der Waals surface area contributed by atoms with E-state index in [2.05, 4.69) is 5.32 Å². The molecule has 1 N–H and O–H groups in total. The Morgan fingerprint density at radius 3 is 2.52 bits per heavy atom. The van der Waals surface area contributed by atoms with Gasteiger partial charge in [0.2, 0.25) is 6.41 Å². The summed E-state index contributed by atoms with van der Waals surface area (Å²) in [6, 6.07) is 5.43. The summed E-state index contributed by atoms with van der Waals surface area (Å²) in [5.41, 5.74) is -0.345. The Bertz CT molecular complexity index is 766. The van der Waals surface area contributed by atoms with Gasteiger partial charge in [0.05, 0.1) is 15.6 Å². The number of nitrogens with zero attached hydrogens (tertiary/aromatic N) is 4. The van der Waals surface area contributed by atoms with Crippen molar-refractivity contribution in [1.29, 1.82) is 5.26 Å². The van der Waals surface area contributed by atoms with Gasteiger partial charge in [-0.15, -0.1) is 0 Å². The van der Waals surface area contributed by atoms with Gasteiger partial charge in [-0.25, -0.2) is 0 Å². The highest BCUT2D eigenvalue weighted by Gasteiger charge is 2.18. The van der Waals surface area contributed by atoms with Crippen LogP contribution in [0.25, 0.3) is 0 Å². The molecule has 1 heterocycles. The van der Waals surface area contributed by atoms with Gasteiger partial charge in [0.15, 0.2) is 0 Å². The van der Waals surface area contributed by atoms with E-state index in [9.17, 15) is 25.0 Å². The monoisotopic (exact) mass is 363 g/mol. The lowest BCUT2D eigenvalue weighted by Gasteiger charge is -2.31. The SMILES string of the molecule is N#C/C(=C/N1CCN(C=O)CC1)C(=O)Nc1cc([N+](=O)[O-])ccc1Cl. The number of amides is 2. The zero-order chi connectivity index (χ0) is 18.4. The van der Waals surface area contributed by atoms with Crippen molar-refractivity contribution in [2.24, 2.45) is 0 Å². The summed E-state index contributed by atoms with van der Waals surface area (Å²) in [6.07, 6.45) is 2.16. The van der Waals surface area contributed by atoms with Crippen LogP contribution in [0.5, 0.6) is 0 Å². The summed E-state index contributed by atoms with van der Waals surface area (Å²) in [5.74, 6) is -0.720. The Morgan fingerprint density at radius 1 is 1.32 bits per heavy atom. The van der Waals surface area contributed by atoms with Crippen LogP contribution >= 0.6 is 11.6 Å². The maximum Gasteiger partial charge on any atom is 0.271 e. The van der Waals surface area contributed by atoms with E-state index >= 15 is 0 Å². The smallest absolute Gasteiger partial charge is 0.271 e. The standard InChI is InChI=1S/C15H14ClN5O4/c16-13-2-1-12(21(24)25)7-14(13)18-15(23)11(8-17)9-19-3-5-20(10-22)6-4-19/h1-2,7,9-10H,3-6H2,(H,18,23)/b11-9-. The highest BCUT2D eigenvalue weighted by molar-refractivity contribution is 6.34. The molecule has 0 spiro atoms. The third-order valence-corrected chi connectivity index (χ3v) is 3.91. The van der Waals surface area contributed by atoms with Crippen LogP contribution in [0.4, 0.5) is 11.4 Å². The minimum absolute atomic E-state index is 0.0489. The van der Waals surface area contributed by atoms with Gasteiger partial charge in [-0.2, -0.15) is 5.26 Å². The number of piperazine rings is 1. The largest absolute Gasteiger partial charge is 0.373 e. The lowest BCUT2D eigenvalue weighted by atomic mass is 10.2. The molecule has 0 bridgehead atoms. The highest BCUT2D eigenvalue weighted by Crippen LogP contribution is 2.27. The number of carbonyl (C=O) groups is 2. The zero-order valence-electron chi connectivity index (χ0n) is 13.0. The first-order valence-electron chi connectivity index (χ1n) is 7.25. The number of hydrogen-bond donors (Lipinski definition) is 1. The van der Waals surface area contributed by atoms with Crippen LogP contribution in [-0.4, -0.2) is 53.2 Å². The van der Waals surface area contributed by atoms with Crippen molar-refractivity contribution >= 4 is 35.3 Å². The highest BCUT2D eigenvalue weighted by atomic mass is 35.5. The summed E-state index contributed by atoms with van der Waals surface area (Å²) < 4.78 is 0. The van der Waals surface area contributed by atoms with Crippen LogP contribution in [0.15, 0.2) is 30.0 Å². The molecule has 1 aliphatic heterocycles. The van der Waals surface area contributed by atoms with Gasteiger partial charge >= 0.3 is 0 Å². The maximum atomic E-state index is 12.2. The lowest BCUT2D eigenvalue weighted by Crippen LogP contribution is -2.43. The van der Waals surface area contributed by atoms with Crippen LogP contribution < -0.4 is 5.32 Å². The molecule has 1 aliphatic rings. The van der Waals surface area contributed by atoms with Gasteiger partial charge in [-0.05, 0) is 6.07 Å². The molecular formula is C15H14ClN5O4. The van der Waals surface area contributed by atoms with E-state index in [4.69, 9.17) is 11.6 Å². The Morgan fingerprint density at radius 2 is 1.96 bits per heavy atom. The molecule has 0 saturated carbocycles. The summed E-state index contributed by atoms with van der Waals surface area (Å²) in [5, 5.41) is 22.5. The molecule has 130 valence electrons. The summed E-state index contributed by atoms with van der Waals surface area (Å²) in [7, 11) is 0. The minimum atomic E-state index is -0.720. The summed E-state index contributed by atoms with van der Waals surface area (Å²) in [6.45, 7) is 1.98. The van der Waals surface area contributed by atoms with E-state index in [0.717, 1.165) is 12.5 Å². The van der Waals surface area contributed by atoms with Crippen LogP contribution in [0, 0.1) is 21.4 Å². The van der Waals surface area contributed by atoms with Crippen molar-refractivity contribution in [2.75, 3.05) is 31.5 Å². The predicted molar refractivity (Wildman–Crippen MR) is 89.6 cm³/mol. The number of halogens is 1. The second-order valence-corrected chi connectivity index (χ2v) is 5.61. The van der Waals surface area contributed by atoms with Crippen molar-refractivity contribution in [3.63, 3.8) is 0 Å². The van der Waals surface area contributed by atoms with E-state index in [-0.39, 0.29) is 22.0 Å². The molecule has 2 amide bonds. The van der Waals surface area contributed by atoms with Gasteiger partial charge in [0.25, 0.3) is 11.6 Å². The summed E-state index contributed by atoms with van der Waals surface area (Å²) >= 11 is 5.93. The van der Waals surface area contributed by atoms with Crippen molar-refractivity contribution in [1.82, 2.24) is 9.80 Å². The molecule has 1 saturated heterocycles. The fourth-order valence-corrected chi connectivity index (χ4v) is 2.37. The normalized spacial score (nSPS) is 14.6. The van der Waals surface area contributed by atoms with Crippen LogP contribution in [-0.2, 0) is 9.59 Å². The molecule has 1 aromatic carbocycles. The van der Waals surface area contributed by atoms with E-state index in [1.807, 2.05) is 0 Å². The Hall–Kier alpha value is -3.12. The fourth-order valence-electron chi connectivity index (χ4n) is 2.21. The molecular weight excluding hydrogens is 350 g/mol. The van der Waals surface area contributed by atoms with Gasteiger partial charge in [0.1, 0.15) is 11.6 Å². The van der Waals surface area contributed by atoms with Crippen molar-refractivity contribution in [3.05, 3.63) is 45.1 Å². The number of nitro groups is 1. The molecule has 0 unspecified atom stereocenters. The van der Waals surface area contributed by atoms with Gasteiger partial charge < -0.3 is 15.1 Å². The molecule has 1 aromatic rings. The number of benzene rings is 1. The zero-order valence-corrected chi connectivity index (χ0v) is 13.8. The number of rotatable bonds is 5. The van der Waals surface area contributed by atoms with Gasteiger partial charge in [-0.1, -0.05) is 11.6 Å². The first-order valence-corrected chi connectivity index (χ1v) is 7.63. The van der Waals surface area contributed by atoms with E-state index in [1.165, 1.54) is 18.3 Å². The molecule has 10 heteroatoms. The van der Waals surface area contributed by atoms with Crippen molar-refractivity contribution < 1.29 is 14.5 Å². The maximum absolute atomic E-state index is 12.2. The van der Waals surface area contributed by atoms with Gasteiger partial charge in [-0.3, -0.25) is 19.7 Å². The average Bonchev–Trinajstić information content (AvgIpc) is 2.61. The molecule has 0 aliphatic carbocycles. The van der Waals surface area contributed by atoms with Crippen LogP contribution in [0.1, 0.15) is 0 Å². The second-order valence-electron chi connectivity index (χ2n) is 5.21. The third kappa shape index (κ3) is 4.68. The Balaban J connectivity index is 2.12. The van der Waals surface area contributed by atoms with E-state index in [1.54, 1.807) is 15.9 Å². The number of hydrogen-bond acceptors (Lipinski definition) is 6. The number of nitrogens with one attached hydrogen (secondary N) is 1. The first kappa shape index (κ1) is 18.2. The van der Waals surface area contributed by atoms with E-state index < -0.39 is 10.8 Å². The van der Waals surface area contributed by atoms with Crippen molar-refractivity contribution in [3.8, 4) is 6.07 Å². The molecule has 0 aromatic heterocycles.